The molecule has 1 aromatic heterocycles. The first-order chi connectivity index (χ1) is 6.56. The fourth-order valence-corrected chi connectivity index (χ4v) is 1.57. The van der Waals surface area contributed by atoms with Gasteiger partial charge in [-0.3, -0.25) is 0 Å². The normalized spacial score (nSPS) is 13.0. The highest BCUT2D eigenvalue weighted by Gasteiger charge is 2.14. The van der Waals surface area contributed by atoms with Gasteiger partial charge in [-0.1, -0.05) is 5.16 Å². The molecule has 8 nitrogen and oxygen atoms in total. The van der Waals surface area contributed by atoms with Crippen LogP contribution in [-0.2, 0) is 10.0 Å². The SMILES string of the molecule is NC(CNS(=O)(=O)c1cnc[nH]1)=NO. The number of nitrogens with one attached hydrogen (secondary N) is 2. The Balaban J connectivity index is 2.70. The molecular formula is C5H9N5O3S. The van der Waals surface area contributed by atoms with E-state index in [4.69, 9.17) is 10.9 Å². The van der Waals surface area contributed by atoms with Gasteiger partial charge in [0.25, 0.3) is 10.0 Å². The minimum atomic E-state index is -3.66. The summed E-state index contributed by atoms with van der Waals surface area (Å²) in [6.07, 6.45) is 2.38. The minimum absolute atomic E-state index is 0.0803. The highest BCUT2D eigenvalue weighted by atomic mass is 32.2. The van der Waals surface area contributed by atoms with Crippen LogP contribution in [0.25, 0.3) is 0 Å². The fraction of sp³-hybridized carbons (Fsp3) is 0.200. The standard InChI is InChI=1S/C5H9N5O3S/c6-4(10-11)1-9-14(12,13)5-2-7-3-8-5/h2-3,9,11H,1H2,(H2,6,10)(H,7,8). The van der Waals surface area contributed by atoms with Gasteiger partial charge >= 0.3 is 0 Å². The lowest BCUT2D eigenvalue weighted by Gasteiger charge is -2.02. The molecule has 0 saturated heterocycles. The summed E-state index contributed by atoms with van der Waals surface area (Å²) in [7, 11) is -3.66. The first kappa shape index (κ1) is 10.5. The molecule has 0 aliphatic carbocycles. The van der Waals surface area contributed by atoms with Crippen molar-refractivity contribution in [1.82, 2.24) is 14.7 Å². The Hall–Kier alpha value is -1.61. The van der Waals surface area contributed by atoms with Crippen molar-refractivity contribution in [2.75, 3.05) is 6.54 Å². The third-order valence-corrected chi connectivity index (χ3v) is 2.66. The summed E-state index contributed by atoms with van der Waals surface area (Å²) in [5, 5.41) is 10.7. The van der Waals surface area contributed by atoms with Gasteiger partial charge in [-0.25, -0.2) is 18.1 Å². The van der Waals surface area contributed by atoms with E-state index in [0.29, 0.717) is 0 Å². The number of hydrogen-bond donors (Lipinski definition) is 4. The first-order valence-corrected chi connectivity index (χ1v) is 4.99. The monoisotopic (exact) mass is 219 g/mol. The van der Waals surface area contributed by atoms with Crippen LogP contribution in [0.15, 0.2) is 22.7 Å². The van der Waals surface area contributed by atoms with Gasteiger partial charge < -0.3 is 15.9 Å². The summed E-state index contributed by atoms with van der Waals surface area (Å²) in [4.78, 5) is 5.96. The first-order valence-electron chi connectivity index (χ1n) is 3.50. The molecule has 9 heteroatoms. The third-order valence-electron chi connectivity index (χ3n) is 1.33. The van der Waals surface area contributed by atoms with Crippen LogP contribution >= 0.6 is 0 Å². The second-order valence-electron chi connectivity index (χ2n) is 2.33. The maximum atomic E-state index is 11.3. The number of oxime groups is 1. The third kappa shape index (κ3) is 2.44. The predicted molar refractivity (Wildman–Crippen MR) is 47.2 cm³/mol. The molecule has 78 valence electrons. The molecule has 0 aliphatic heterocycles. The molecule has 0 aliphatic rings. The molecule has 0 radical (unpaired) electrons. The Morgan fingerprint density at radius 2 is 2.50 bits per heavy atom. The number of amidine groups is 1. The molecule has 1 heterocycles. The van der Waals surface area contributed by atoms with Crippen LogP contribution in [0, 0.1) is 0 Å². The average molecular weight is 219 g/mol. The molecule has 1 rings (SSSR count). The Morgan fingerprint density at radius 3 is 3.00 bits per heavy atom. The summed E-state index contributed by atoms with van der Waals surface area (Å²) < 4.78 is 24.8. The van der Waals surface area contributed by atoms with E-state index in [1.165, 1.54) is 6.33 Å². The summed E-state index contributed by atoms with van der Waals surface area (Å²) in [6, 6.07) is 0. The number of sulfonamides is 1. The molecule has 0 saturated carbocycles. The van der Waals surface area contributed by atoms with Crippen molar-refractivity contribution in [3.05, 3.63) is 12.5 Å². The Kier molecular flexibility index (Phi) is 3.04. The van der Waals surface area contributed by atoms with Gasteiger partial charge in [0, 0.05) is 0 Å². The van der Waals surface area contributed by atoms with Crippen LogP contribution < -0.4 is 10.5 Å². The molecule has 14 heavy (non-hydrogen) atoms. The van der Waals surface area contributed by atoms with Crippen LogP contribution in [0.1, 0.15) is 0 Å². The number of aromatic nitrogens is 2. The summed E-state index contributed by atoms with van der Waals surface area (Å²) in [5.41, 5.74) is 5.08. The molecule has 1 aromatic rings. The van der Waals surface area contributed by atoms with Crippen molar-refractivity contribution in [2.24, 2.45) is 10.9 Å². The van der Waals surface area contributed by atoms with E-state index in [1.54, 1.807) is 0 Å². The van der Waals surface area contributed by atoms with Gasteiger partial charge in [-0.05, 0) is 0 Å². The van der Waals surface area contributed by atoms with Gasteiger partial charge in [-0.2, -0.15) is 0 Å². The van der Waals surface area contributed by atoms with E-state index >= 15 is 0 Å². The topological polar surface area (TPSA) is 133 Å². The fourth-order valence-electron chi connectivity index (χ4n) is 0.672. The highest BCUT2D eigenvalue weighted by molar-refractivity contribution is 7.89. The molecule has 0 fully saturated rings. The number of imidazole rings is 1. The van der Waals surface area contributed by atoms with Gasteiger partial charge in [0.05, 0.1) is 19.1 Å². The van der Waals surface area contributed by atoms with Gasteiger partial charge in [0.1, 0.15) is 0 Å². The Bertz CT molecular complexity index is 409. The predicted octanol–water partition coefficient (Wildman–Crippen LogP) is -1.57. The second kappa shape index (κ2) is 4.07. The van der Waals surface area contributed by atoms with E-state index in [9.17, 15) is 8.42 Å². The number of nitrogens with zero attached hydrogens (tertiary/aromatic N) is 2. The Labute approximate surface area is 79.9 Å². The van der Waals surface area contributed by atoms with E-state index in [1.807, 2.05) is 0 Å². The zero-order chi connectivity index (χ0) is 10.6. The lowest BCUT2D eigenvalue weighted by molar-refractivity contribution is 0.317. The van der Waals surface area contributed by atoms with Crippen molar-refractivity contribution in [1.29, 1.82) is 0 Å². The van der Waals surface area contributed by atoms with Crippen molar-refractivity contribution in [2.45, 2.75) is 5.03 Å². The number of H-pyrrole nitrogens is 1. The molecule has 0 bridgehead atoms. The minimum Gasteiger partial charge on any atom is -0.409 e. The lowest BCUT2D eigenvalue weighted by Crippen LogP contribution is -2.33. The second-order valence-corrected chi connectivity index (χ2v) is 4.07. The van der Waals surface area contributed by atoms with E-state index in [2.05, 4.69) is 19.8 Å². The summed E-state index contributed by atoms with van der Waals surface area (Å²) in [6.45, 7) is -0.266. The maximum absolute atomic E-state index is 11.3. The molecule has 0 aromatic carbocycles. The number of nitrogens with two attached hydrogens (primary N) is 1. The van der Waals surface area contributed by atoms with Crippen LogP contribution in [0.3, 0.4) is 0 Å². The molecule has 0 atom stereocenters. The van der Waals surface area contributed by atoms with E-state index in [0.717, 1.165) is 6.20 Å². The lowest BCUT2D eigenvalue weighted by atomic mass is 10.6. The zero-order valence-corrected chi connectivity index (χ0v) is 7.82. The zero-order valence-electron chi connectivity index (χ0n) is 7.01. The van der Waals surface area contributed by atoms with Crippen LogP contribution in [0.4, 0.5) is 0 Å². The van der Waals surface area contributed by atoms with Crippen LogP contribution in [0.5, 0.6) is 0 Å². The van der Waals surface area contributed by atoms with Crippen molar-refractivity contribution in [3.63, 3.8) is 0 Å². The van der Waals surface area contributed by atoms with Crippen LogP contribution in [0.2, 0.25) is 0 Å². The van der Waals surface area contributed by atoms with Crippen molar-refractivity contribution in [3.8, 4) is 0 Å². The number of aromatic amines is 1. The number of hydrogen-bond acceptors (Lipinski definition) is 5. The van der Waals surface area contributed by atoms with Gasteiger partial charge in [0.2, 0.25) is 0 Å². The largest absolute Gasteiger partial charge is 0.409 e. The average Bonchev–Trinajstić information content (AvgIpc) is 2.67. The van der Waals surface area contributed by atoms with Crippen molar-refractivity contribution >= 4 is 15.9 Å². The van der Waals surface area contributed by atoms with E-state index < -0.39 is 10.0 Å². The van der Waals surface area contributed by atoms with E-state index in [-0.39, 0.29) is 17.4 Å². The highest BCUT2D eigenvalue weighted by Crippen LogP contribution is 2.00. The van der Waals surface area contributed by atoms with Crippen LogP contribution in [-0.4, -0.2) is 36.0 Å². The number of rotatable bonds is 4. The Morgan fingerprint density at radius 1 is 1.79 bits per heavy atom. The smallest absolute Gasteiger partial charge is 0.258 e. The molecule has 0 spiro atoms. The summed E-state index contributed by atoms with van der Waals surface area (Å²) in [5.74, 6) is -0.229. The summed E-state index contributed by atoms with van der Waals surface area (Å²) >= 11 is 0. The van der Waals surface area contributed by atoms with Gasteiger partial charge in [-0.15, -0.1) is 0 Å². The van der Waals surface area contributed by atoms with Crippen molar-refractivity contribution < 1.29 is 13.6 Å². The molecule has 0 unspecified atom stereocenters. The molecular weight excluding hydrogens is 210 g/mol. The molecule has 0 amide bonds. The quantitative estimate of drug-likeness (QED) is 0.210. The molecule has 5 N–H and O–H groups in total. The maximum Gasteiger partial charge on any atom is 0.258 e. The van der Waals surface area contributed by atoms with Gasteiger partial charge in [0.15, 0.2) is 10.9 Å².